The number of carbonyl (C=O) groups excluding carboxylic acids is 1. The van der Waals surface area contributed by atoms with Gasteiger partial charge in [0.1, 0.15) is 0 Å². The minimum Gasteiger partial charge on any atom is -0.466 e. The third-order valence-electron chi connectivity index (χ3n) is 2.43. The molecule has 0 heterocycles. The smallest absolute Gasteiger partial charge is 0.306 e. The highest BCUT2D eigenvalue weighted by Crippen LogP contribution is 2.01. The molecule has 0 aliphatic rings. The summed E-state index contributed by atoms with van der Waals surface area (Å²) in [5.74, 6) is -0.107. The molecule has 0 aromatic heterocycles. The standard InChI is InChI=1S/C16H26O2/c1-3-5-6-7-8-9-10-11-12-13-14-15-16(17)18-4-2/h3,8-9,12-13H,1,4-7,10-11,14-15H2,2H3/b9-8+,13-12+. The van der Waals surface area contributed by atoms with Crippen molar-refractivity contribution in [3.8, 4) is 0 Å². The Hall–Kier alpha value is -1.31. The molecule has 0 rings (SSSR count). The molecule has 0 aliphatic heterocycles. The Morgan fingerprint density at radius 1 is 1.00 bits per heavy atom. The summed E-state index contributed by atoms with van der Waals surface area (Å²) in [4.78, 5) is 11.0. The lowest BCUT2D eigenvalue weighted by atomic mass is 10.2. The molecular weight excluding hydrogens is 224 g/mol. The molecule has 0 radical (unpaired) electrons. The highest BCUT2D eigenvalue weighted by atomic mass is 16.5. The van der Waals surface area contributed by atoms with E-state index in [0.29, 0.717) is 13.0 Å². The van der Waals surface area contributed by atoms with Crippen LogP contribution in [0.15, 0.2) is 37.0 Å². The van der Waals surface area contributed by atoms with E-state index in [0.717, 1.165) is 32.1 Å². The molecule has 0 aromatic rings. The molecule has 0 N–H and O–H groups in total. The van der Waals surface area contributed by atoms with Crippen molar-refractivity contribution in [1.29, 1.82) is 0 Å². The first-order chi connectivity index (χ1) is 8.81. The molecule has 0 saturated heterocycles. The van der Waals surface area contributed by atoms with Gasteiger partial charge in [-0.3, -0.25) is 4.79 Å². The molecule has 0 spiro atoms. The highest BCUT2D eigenvalue weighted by molar-refractivity contribution is 5.69. The largest absolute Gasteiger partial charge is 0.466 e. The summed E-state index contributed by atoms with van der Waals surface area (Å²) in [6.07, 6.45) is 17.4. The Bertz CT molecular complexity index is 264. The minimum atomic E-state index is -0.107. The molecule has 0 bridgehead atoms. The quantitative estimate of drug-likeness (QED) is 0.305. The van der Waals surface area contributed by atoms with Gasteiger partial charge >= 0.3 is 5.97 Å². The van der Waals surface area contributed by atoms with Crippen LogP contribution in [0.25, 0.3) is 0 Å². The highest BCUT2D eigenvalue weighted by Gasteiger charge is 1.97. The lowest BCUT2D eigenvalue weighted by Crippen LogP contribution is -2.02. The van der Waals surface area contributed by atoms with Gasteiger partial charge in [0.25, 0.3) is 0 Å². The maximum atomic E-state index is 11.0. The second kappa shape index (κ2) is 13.8. The van der Waals surface area contributed by atoms with Crippen LogP contribution in [0.3, 0.4) is 0 Å². The van der Waals surface area contributed by atoms with Gasteiger partial charge in [-0.05, 0) is 45.4 Å². The van der Waals surface area contributed by atoms with Gasteiger partial charge < -0.3 is 4.74 Å². The third kappa shape index (κ3) is 12.8. The summed E-state index contributed by atoms with van der Waals surface area (Å²) in [6, 6.07) is 0. The fourth-order valence-corrected chi connectivity index (χ4v) is 1.48. The molecule has 2 nitrogen and oxygen atoms in total. The predicted octanol–water partition coefficient (Wildman–Crippen LogP) is 4.58. The van der Waals surface area contributed by atoms with E-state index in [1.54, 1.807) is 0 Å². The van der Waals surface area contributed by atoms with Crippen molar-refractivity contribution in [3.63, 3.8) is 0 Å². The van der Waals surface area contributed by atoms with E-state index in [4.69, 9.17) is 4.74 Å². The number of carbonyl (C=O) groups is 1. The van der Waals surface area contributed by atoms with E-state index in [1.165, 1.54) is 6.42 Å². The monoisotopic (exact) mass is 250 g/mol. The Kier molecular flexibility index (Phi) is 12.8. The van der Waals surface area contributed by atoms with Gasteiger partial charge in [0.05, 0.1) is 6.61 Å². The van der Waals surface area contributed by atoms with Crippen LogP contribution in [0.1, 0.15) is 51.9 Å². The van der Waals surface area contributed by atoms with Gasteiger partial charge in [-0.1, -0.05) is 30.4 Å². The zero-order valence-electron chi connectivity index (χ0n) is 11.6. The van der Waals surface area contributed by atoms with Crippen LogP contribution in [0.5, 0.6) is 0 Å². The second-order valence-electron chi connectivity index (χ2n) is 4.08. The Balaban J connectivity index is 3.32. The van der Waals surface area contributed by atoms with Crippen molar-refractivity contribution in [2.45, 2.75) is 51.9 Å². The second-order valence-corrected chi connectivity index (χ2v) is 4.08. The number of hydrogen-bond donors (Lipinski definition) is 0. The Morgan fingerprint density at radius 3 is 2.22 bits per heavy atom. The fourth-order valence-electron chi connectivity index (χ4n) is 1.48. The van der Waals surface area contributed by atoms with Crippen LogP contribution in [-0.2, 0) is 9.53 Å². The van der Waals surface area contributed by atoms with Gasteiger partial charge in [-0.2, -0.15) is 0 Å². The maximum absolute atomic E-state index is 11.0. The average molecular weight is 250 g/mol. The van der Waals surface area contributed by atoms with Crippen molar-refractivity contribution in [1.82, 2.24) is 0 Å². The van der Waals surface area contributed by atoms with Gasteiger partial charge in [-0.15, -0.1) is 6.58 Å². The van der Waals surface area contributed by atoms with E-state index in [2.05, 4.69) is 30.9 Å². The zero-order valence-corrected chi connectivity index (χ0v) is 11.6. The van der Waals surface area contributed by atoms with Gasteiger partial charge in [0.15, 0.2) is 0 Å². The van der Waals surface area contributed by atoms with Gasteiger partial charge in [0, 0.05) is 6.42 Å². The molecule has 2 heteroatoms. The van der Waals surface area contributed by atoms with Crippen LogP contribution in [0, 0.1) is 0 Å². The number of unbranched alkanes of at least 4 members (excludes halogenated alkanes) is 3. The van der Waals surface area contributed by atoms with E-state index in [-0.39, 0.29) is 5.97 Å². The van der Waals surface area contributed by atoms with Crippen LogP contribution in [0.4, 0.5) is 0 Å². The minimum absolute atomic E-state index is 0.107. The molecule has 102 valence electrons. The SMILES string of the molecule is C=CCCC/C=C/CC/C=C/CCC(=O)OCC. The van der Waals surface area contributed by atoms with E-state index < -0.39 is 0 Å². The van der Waals surface area contributed by atoms with Crippen molar-refractivity contribution >= 4 is 5.97 Å². The van der Waals surface area contributed by atoms with E-state index in [9.17, 15) is 4.79 Å². The van der Waals surface area contributed by atoms with Gasteiger partial charge in [-0.25, -0.2) is 0 Å². The first kappa shape index (κ1) is 16.7. The summed E-state index contributed by atoms with van der Waals surface area (Å²) in [6.45, 7) is 5.99. The lowest BCUT2D eigenvalue weighted by Gasteiger charge is -1.97. The molecule has 0 saturated carbocycles. The first-order valence-electron chi connectivity index (χ1n) is 6.87. The van der Waals surface area contributed by atoms with Crippen LogP contribution in [-0.4, -0.2) is 12.6 Å². The maximum Gasteiger partial charge on any atom is 0.306 e. The van der Waals surface area contributed by atoms with Gasteiger partial charge in [0.2, 0.25) is 0 Å². The molecule has 0 fully saturated rings. The van der Waals surface area contributed by atoms with Crippen molar-refractivity contribution in [2.24, 2.45) is 0 Å². The molecule has 18 heavy (non-hydrogen) atoms. The summed E-state index contributed by atoms with van der Waals surface area (Å²) >= 11 is 0. The topological polar surface area (TPSA) is 26.3 Å². The van der Waals surface area contributed by atoms with E-state index >= 15 is 0 Å². The molecule has 0 amide bonds. The number of allylic oxidation sites excluding steroid dienone is 5. The molecule has 0 aromatic carbocycles. The first-order valence-corrected chi connectivity index (χ1v) is 6.87. The van der Waals surface area contributed by atoms with Crippen LogP contribution < -0.4 is 0 Å². The van der Waals surface area contributed by atoms with E-state index in [1.807, 2.05) is 13.0 Å². The summed E-state index contributed by atoms with van der Waals surface area (Å²) in [7, 11) is 0. The zero-order chi connectivity index (χ0) is 13.5. The number of rotatable bonds is 11. The van der Waals surface area contributed by atoms with Crippen molar-refractivity contribution in [3.05, 3.63) is 37.0 Å². The molecule has 0 unspecified atom stereocenters. The number of hydrogen-bond acceptors (Lipinski definition) is 2. The average Bonchev–Trinajstić information content (AvgIpc) is 2.36. The third-order valence-corrected chi connectivity index (χ3v) is 2.43. The Morgan fingerprint density at radius 2 is 1.61 bits per heavy atom. The molecule has 0 aliphatic carbocycles. The van der Waals surface area contributed by atoms with Crippen molar-refractivity contribution < 1.29 is 9.53 Å². The summed E-state index contributed by atoms with van der Waals surface area (Å²) in [5, 5.41) is 0. The number of ether oxygens (including phenoxy) is 1. The van der Waals surface area contributed by atoms with Crippen molar-refractivity contribution in [2.75, 3.05) is 6.61 Å². The summed E-state index contributed by atoms with van der Waals surface area (Å²) < 4.78 is 4.84. The molecular formula is C16H26O2. The number of esters is 1. The molecule has 0 atom stereocenters. The predicted molar refractivity (Wildman–Crippen MR) is 77.4 cm³/mol. The normalized spacial score (nSPS) is 11.2. The lowest BCUT2D eigenvalue weighted by molar-refractivity contribution is -0.142. The van der Waals surface area contributed by atoms with Crippen LogP contribution >= 0.6 is 0 Å². The summed E-state index contributed by atoms with van der Waals surface area (Å²) in [5.41, 5.74) is 0. The van der Waals surface area contributed by atoms with Crippen LogP contribution in [0.2, 0.25) is 0 Å². The fraction of sp³-hybridized carbons (Fsp3) is 0.562. The Labute approximate surface area is 111 Å².